The third-order valence-corrected chi connectivity index (χ3v) is 5.29. The van der Waals surface area contributed by atoms with Crippen molar-refractivity contribution in [3.8, 4) is 28.4 Å². The van der Waals surface area contributed by atoms with Crippen molar-refractivity contribution in [1.82, 2.24) is 24.9 Å². The van der Waals surface area contributed by atoms with Gasteiger partial charge in [-0.1, -0.05) is 24.3 Å². The van der Waals surface area contributed by atoms with Crippen molar-refractivity contribution < 1.29 is 15.0 Å². The van der Waals surface area contributed by atoms with E-state index in [1.165, 1.54) is 15.6 Å². The lowest BCUT2D eigenvalue weighted by Crippen LogP contribution is -2.21. The van der Waals surface area contributed by atoms with Gasteiger partial charge in [0.05, 0.1) is 0 Å². The highest BCUT2D eigenvalue weighted by atomic mass is 32.1. The van der Waals surface area contributed by atoms with Gasteiger partial charge in [0.25, 0.3) is 5.91 Å². The monoisotopic (exact) mass is 423 g/mol. The lowest BCUT2D eigenvalue weighted by molar-refractivity contribution is 0.0823. The van der Waals surface area contributed by atoms with E-state index >= 15 is 0 Å². The fourth-order valence-corrected chi connectivity index (χ4v) is 3.71. The third kappa shape index (κ3) is 3.17. The Balaban J connectivity index is 1.95. The van der Waals surface area contributed by atoms with Crippen LogP contribution in [-0.4, -0.2) is 55.1 Å². The van der Waals surface area contributed by atoms with Gasteiger partial charge in [-0.15, -0.1) is 17.7 Å². The van der Waals surface area contributed by atoms with Gasteiger partial charge in [0.2, 0.25) is 0 Å². The Labute approximate surface area is 178 Å². The number of aromatic nitrogens is 4. The zero-order chi connectivity index (χ0) is 21.6. The van der Waals surface area contributed by atoms with Crippen LogP contribution in [0.2, 0.25) is 0 Å². The summed E-state index contributed by atoms with van der Waals surface area (Å²) in [5.41, 5.74) is 3.61. The number of benzene rings is 2. The van der Waals surface area contributed by atoms with E-state index in [1.54, 1.807) is 26.2 Å². The van der Waals surface area contributed by atoms with E-state index < -0.39 is 0 Å². The summed E-state index contributed by atoms with van der Waals surface area (Å²) in [5, 5.41) is 29.9. The van der Waals surface area contributed by atoms with Gasteiger partial charge >= 0.3 is 0 Å². The zero-order valence-electron chi connectivity index (χ0n) is 16.7. The molecule has 3 N–H and O–H groups in total. The number of amides is 1. The molecule has 2 aromatic carbocycles. The van der Waals surface area contributed by atoms with Gasteiger partial charge in [0.1, 0.15) is 33.6 Å². The predicted octanol–water partition coefficient (Wildman–Crippen LogP) is 3.38. The van der Waals surface area contributed by atoms with Crippen molar-refractivity contribution in [1.29, 1.82) is 0 Å². The second-order valence-corrected chi connectivity index (χ2v) is 7.57. The van der Waals surface area contributed by atoms with Crippen LogP contribution >= 0.6 is 12.6 Å². The molecular weight excluding hydrogens is 402 g/mol. The van der Waals surface area contributed by atoms with Crippen LogP contribution < -0.4 is 0 Å². The quantitative estimate of drug-likeness (QED) is 0.377. The number of nitrogens with zero attached hydrogens (tertiary/aromatic N) is 4. The zero-order valence-corrected chi connectivity index (χ0v) is 17.6. The maximum atomic E-state index is 12.4. The van der Waals surface area contributed by atoms with E-state index in [4.69, 9.17) is 0 Å². The molecule has 0 saturated carbocycles. The number of phenols is 2. The lowest BCUT2D eigenvalue weighted by Gasteiger charge is -2.12. The molecule has 2 heterocycles. The molecule has 0 saturated heterocycles. The molecule has 0 radical (unpaired) electrons. The Kier molecular flexibility index (Phi) is 4.90. The predicted molar refractivity (Wildman–Crippen MR) is 117 cm³/mol. The molecule has 4 rings (SSSR count). The Hall–Kier alpha value is -3.46. The number of aromatic amines is 1. The minimum absolute atomic E-state index is 0.0195. The summed E-state index contributed by atoms with van der Waals surface area (Å²) in [4.78, 5) is 17.1. The summed E-state index contributed by atoms with van der Waals surface area (Å²) in [6.07, 6.45) is 0.584. The van der Waals surface area contributed by atoms with Crippen molar-refractivity contribution in [3.63, 3.8) is 0 Å². The summed E-state index contributed by atoms with van der Waals surface area (Å²) < 4.78 is 1.49. The normalized spacial score (nSPS) is 11.2. The van der Waals surface area contributed by atoms with E-state index in [9.17, 15) is 15.0 Å². The Morgan fingerprint density at radius 3 is 2.67 bits per heavy atom. The van der Waals surface area contributed by atoms with Crippen LogP contribution in [0.15, 0.2) is 41.4 Å². The van der Waals surface area contributed by atoms with Crippen molar-refractivity contribution in [3.05, 3.63) is 47.7 Å². The van der Waals surface area contributed by atoms with Crippen LogP contribution in [0.3, 0.4) is 0 Å². The van der Waals surface area contributed by atoms with Gasteiger partial charge in [-0.25, -0.2) is 4.68 Å². The Morgan fingerprint density at radius 1 is 1.20 bits per heavy atom. The Bertz CT molecular complexity index is 1280. The molecule has 0 aliphatic heterocycles. The molecule has 0 spiro atoms. The Morgan fingerprint density at radius 2 is 1.97 bits per heavy atom. The molecular formula is C21H21N5O3S. The molecule has 1 amide bonds. The van der Waals surface area contributed by atoms with E-state index in [0.717, 1.165) is 16.5 Å². The lowest BCUT2D eigenvalue weighted by atomic mass is 10.1. The second kappa shape index (κ2) is 7.42. The second-order valence-electron chi connectivity index (χ2n) is 7.15. The molecule has 0 aliphatic rings. The molecule has 8 nitrogen and oxygen atoms in total. The third-order valence-electron chi connectivity index (χ3n) is 4.99. The number of phenolic OH excluding ortho intramolecular Hbond substituents is 2. The van der Waals surface area contributed by atoms with Gasteiger partial charge < -0.3 is 20.1 Å². The largest absolute Gasteiger partial charge is 0.508 e. The fourth-order valence-electron chi connectivity index (χ4n) is 3.46. The summed E-state index contributed by atoms with van der Waals surface area (Å²) in [6.45, 7) is 1.91. The molecule has 154 valence electrons. The molecule has 0 unspecified atom stereocenters. The van der Waals surface area contributed by atoms with Gasteiger partial charge in [-0.2, -0.15) is 0 Å². The van der Waals surface area contributed by atoms with Crippen LogP contribution in [0, 0.1) is 0 Å². The van der Waals surface area contributed by atoms with Crippen LogP contribution in [0.4, 0.5) is 0 Å². The first-order valence-corrected chi connectivity index (χ1v) is 9.80. The molecule has 0 atom stereocenters. The molecule has 0 fully saturated rings. The number of carbonyl (C=O) groups is 1. The highest BCUT2D eigenvalue weighted by Gasteiger charge is 2.21. The maximum Gasteiger partial charge on any atom is 0.269 e. The summed E-state index contributed by atoms with van der Waals surface area (Å²) >= 11 is 4.48. The highest BCUT2D eigenvalue weighted by Crippen LogP contribution is 2.37. The van der Waals surface area contributed by atoms with Gasteiger partial charge in [-0.05, 0) is 30.2 Å². The number of thiol groups is 1. The number of nitrogens with one attached hydrogen (secondary N) is 1. The van der Waals surface area contributed by atoms with E-state index in [2.05, 4.69) is 27.9 Å². The van der Waals surface area contributed by atoms with Crippen molar-refractivity contribution >= 4 is 29.4 Å². The molecule has 0 bridgehead atoms. The number of hydrogen-bond acceptors (Lipinski definition) is 6. The number of H-pyrrole nitrogens is 1. The van der Waals surface area contributed by atoms with Crippen LogP contribution in [0.25, 0.3) is 27.8 Å². The van der Waals surface area contributed by atoms with Crippen LogP contribution in [0.1, 0.15) is 23.0 Å². The number of hydrogen-bond donors (Lipinski definition) is 4. The number of fused-ring (bicyclic) bond motifs is 1. The first-order chi connectivity index (χ1) is 14.3. The summed E-state index contributed by atoms with van der Waals surface area (Å²) in [6, 6.07) is 10.4. The fraction of sp³-hybridized carbons (Fsp3) is 0.190. The van der Waals surface area contributed by atoms with Crippen molar-refractivity contribution in [2.45, 2.75) is 18.4 Å². The average Bonchev–Trinajstić information content (AvgIpc) is 3.31. The number of carbonyl (C=O) groups excluding carboxylic acids is 1. The minimum Gasteiger partial charge on any atom is -0.508 e. The first-order valence-electron chi connectivity index (χ1n) is 9.35. The summed E-state index contributed by atoms with van der Waals surface area (Å²) in [7, 11) is 3.39. The standard InChI is InChI=1S/C21H21N5O3S/c1-4-11-8-16(18(28)10-17(11)27)26-19(20(30)23-24-26)12-6-5-7-14-13(12)9-15(22-14)21(29)25(2)3/h5-10,22,27-28,30H,4H2,1-3H3. The summed E-state index contributed by atoms with van der Waals surface area (Å²) in [5.74, 6) is -0.251. The number of aromatic hydroxyl groups is 2. The van der Waals surface area contributed by atoms with Gasteiger partial charge in [0.15, 0.2) is 0 Å². The van der Waals surface area contributed by atoms with E-state index in [0.29, 0.717) is 34.1 Å². The highest BCUT2D eigenvalue weighted by molar-refractivity contribution is 7.80. The van der Waals surface area contributed by atoms with Gasteiger partial charge in [0, 0.05) is 36.6 Å². The van der Waals surface area contributed by atoms with Crippen molar-refractivity contribution in [2.24, 2.45) is 0 Å². The first kappa shape index (κ1) is 19.8. The smallest absolute Gasteiger partial charge is 0.269 e. The molecule has 0 aliphatic carbocycles. The molecule has 9 heteroatoms. The van der Waals surface area contributed by atoms with Crippen LogP contribution in [-0.2, 0) is 6.42 Å². The number of rotatable bonds is 4. The van der Waals surface area contributed by atoms with E-state index in [1.807, 2.05) is 25.1 Å². The minimum atomic E-state index is -0.140. The number of aryl methyl sites for hydroxylation is 1. The maximum absolute atomic E-state index is 12.4. The molecule has 30 heavy (non-hydrogen) atoms. The SMILES string of the molecule is CCc1cc(-n2nnc(S)c2-c2cccc3[nH]c(C(=O)N(C)C)cc23)c(O)cc1O. The van der Waals surface area contributed by atoms with Crippen molar-refractivity contribution in [2.75, 3.05) is 14.1 Å². The average molecular weight is 423 g/mol. The topological polar surface area (TPSA) is 107 Å². The van der Waals surface area contributed by atoms with E-state index in [-0.39, 0.29) is 17.4 Å². The van der Waals surface area contributed by atoms with Gasteiger partial charge in [-0.3, -0.25) is 4.79 Å². The molecule has 2 aromatic heterocycles. The molecule has 4 aromatic rings. The van der Waals surface area contributed by atoms with Crippen LogP contribution in [0.5, 0.6) is 11.5 Å².